The van der Waals surface area contributed by atoms with E-state index in [4.69, 9.17) is 21.3 Å². The van der Waals surface area contributed by atoms with Gasteiger partial charge in [0.1, 0.15) is 24.3 Å². The second-order valence-electron chi connectivity index (χ2n) is 9.19. The van der Waals surface area contributed by atoms with E-state index < -0.39 is 6.10 Å². The third-order valence-electron chi connectivity index (χ3n) is 6.49. The number of amides is 1. The summed E-state index contributed by atoms with van der Waals surface area (Å²) in [5.41, 5.74) is 4.77. The minimum Gasteiger partial charge on any atom is -0.491 e. The molecule has 2 atom stereocenters. The topological polar surface area (TPSA) is 67.6 Å². The van der Waals surface area contributed by atoms with Crippen molar-refractivity contribution in [1.82, 2.24) is 9.55 Å². The number of aliphatic hydroxyl groups excluding tert-OH is 1. The molecule has 0 spiro atoms. The molecule has 7 heteroatoms. The quantitative estimate of drug-likeness (QED) is 0.384. The van der Waals surface area contributed by atoms with Crippen LogP contribution >= 0.6 is 11.6 Å². The van der Waals surface area contributed by atoms with Crippen LogP contribution in [0.2, 0.25) is 5.02 Å². The fraction of sp³-hybridized carbons (Fsp3) is 0.286. The summed E-state index contributed by atoms with van der Waals surface area (Å²) in [5, 5.41) is 11.5. The van der Waals surface area contributed by atoms with Crippen molar-refractivity contribution in [2.24, 2.45) is 0 Å². The van der Waals surface area contributed by atoms with E-state index in [1.54, 1.807) is 12.1 Å². The van der Waals surface area contributed by atoms with E-state index >= 15 is 0 Å². The molecular weight excluding hydrogens is 462 g/mol. The Balaban J connectivity index is 1.37. The third-order valence-corrected chi connectivity index (χ3v) is 6.91. The SMILES string of the molecule is Cc1ccc(N2C[C@@H](c3nc4ccccc4n3C[C@@H](O)COc3ccc(Cl)c(C)c3)CC2=O)cc1. The number of nitrogens with zero attached hydrogens (tertiary/aromatic N) is 3. The summed E-state index contributed by atoms with van der Waals surface area (Å²) in [4.78, 5) is 19.6. The molecule has 0 radical (unpaired) electrons. The van der Waals surface area contributed by atoms with E-state index in [1.165, 1.54) is 0 Å². The van der Waals surface area contributed by atoms with Gasteiger partial charge in [0, 0.05) is 29.6 Å². The Morgan fingerprint density at radius 2 is 1.89 bits per heavy atom. The van der Waals surface area contributed by atoms with Gasteiger partial charge in [-0.05, 0) is 61.9 Å². The Labute approximate surface area is 209 Å². The van der Waals surface area contributed by atoms with Crippen LogP contribution < -0.4 is 9.64 Å². The lowest BCUT2D eigenvalue weighted by atomic mass is 10.1. The van der Waals surface area contributed by atoms with Crippen molar-refractivity contribution >= 4 is 34.2 Å². The normalized spacial score (nSPS) is 16.7. The number of aliphatic hydroxyl groups is 1. The second kappa shape index (κ2) is 9.72. The molecular formula is C28H28ClN3O3. The molecule has 0 saturated carbocycles. The highest BCUT2D eigenvalue weighted by Gasteiger charge is 2.35. The van der Waals surface area contributed by atoms with Gasteiger partial charge in [0.2, 0.25) is 5.91 Å². The maximum Gasteiger partial charge on any atom is 0.227 e. The molecule has 1 saturated heterocycles. The molecule has 5 rings (SSSR count). The average Bonchev–Trinajstić information content (AvgIpc) is 3.41. The summed E-state index contributed by atoms with van der Waals surface area (Å²) in [7, 11) is 0. The standard InChI is InChI=1S/C28H28ClN3O3/c1-18-7-9-21(10-8-18)31-15-20(14-27(31)34)28-30-25-5-3-4-6-26(25)32(28)16-22(33)17-35-23-11-12-24(29)19(2)13-23/h3-13,20,22,33H,14-17H2,1-2H3/t20-,22+/m0/s1. The number of aromatic nitrogens is 2. The first-order valence-electron chi connectivity index (χ1n) is 11.8. The number of carbonyl (C=O) groups excluding carboxylic acids is 1. The number of ether oxygens (including phenoxy) is 1. The second-order valence-corrected chi connectivity index (χ2v) is 9.59. The Bertz CT molecular complexity index is 1370. The van der Waals surface area contributed by atoms with E-state index in [0.717, 1.165) is 33.7 Å². The van der Waals surface area contributed by atoms with E-state index in [1.807, 2.05) is 77.9 Å². The number of halogens is 1. The molecule has 1 N–H and O–H groups in total. The van der Waals surface area contributed by atoms with Crippen LogP contribution in [0.4, 0.5) is 5.69 Å². The van der Waals surface area contributed by atoms with Crippen LogP contribution in [0, 0.1) is 13.8 Å². The summed E-state index contributed by atoms with van der Waals surface area (Å²) in [5.74, 6) is 1.50. The van der Waals surface area contributed by atoms with Gasteiger partial charge in [-0.3, -0.25) is 4.79 Å². The third kappa shape index (κ3) is 4.90. The van der Waals surface area contributed by atoms with Gasteiger partial charge in [-0.25, -0.2) is 4.98 Å². The lowest BCUT2D eigenvalue weighted by Gasteiger charge is -2.19. The van der Waals surface area contributed by atoms with Crippen molar-refractivity contribution < 1.29 is 14.6 Å². The lowest BCUT2D eigenvalue weighted by molar-refractivity contribution is -0.117. The number of carbonyl (C=O) groups is 1. The molecule has 1 aliphatic heterocycles. The van der Waals surface area contributed by atoms with E-state index in [0.29, 0.717) is 30.3 Å². The zero-order chi connectivity index (χ0) is 24.5. The largest absolute Gasteiger partial charge is 0.491 e. The van der Waals surface area contributed by atoms with Crippen LogP contribution in [0.25, 0.3) is 11.0 Å². The number of rotatable bonds is 7. The molecule has 3 aromatic carbocycles. The van der Waals surface area contributed by atoms with Crippen LogP contribution in [0.1, 0.15) is 29.3 Å². The molecule has 1 aliphatic rings. The van der Waals surface area contributed by atoms with E-state index in [2.05, 4.69) is 0 Å². The number of hydrogen-bond donors (Lipinski definition) is 1. The molecule has 0 bridgehead atoms. The number of hydrogen-bond acceptors (Lipinski definition) is 4. The first-order valence-corrected chi connectivity index (χ1v) is 12.2. The summed E-state index contributed by atoms with van der Waals surface area (Å²) >= 11 is 6.10. The van der Waals surface area contributed by atoms with Crippen LogP contribution in [0.15, 0.2) is 66.7 Å². The fourth-order valence-corrected chi connectivity index (χ4v) is 4.73. The van der Waals surface area contributed by atoms with Gasteiger partial charge >= 0.3 is 0 Å². The van der Waals surface area contributed by atoms with Gasteiger partial charge in [-0.2, -0.15) is 0 Å². The predicted molar refractivity (Wildman–Crippen MR) is 138 cm³/mol. The molecule has 2 heterocycles. The number of aryl methyl sites for hydroxylation is 2. The summed E-state index contributed by atoms with van der Waals surface area (Å²) < 4.78 is 7.86. The Kier molecular flexibility index (Phi) is 6.50. The Hall–Kier alpha value is -3.35. The Morgan fingerprint density at radius 3 is 2.66 bits per heavy atom. The zero-order valence-corrected chi connectivity index (χ0v) is 20.6. The number of para-hydroxylation sites is 2. The van der Waals surface area contributed by atoms with E-state index in [-0.39, 0.29) is 18.4 Å². The van der Waals surface area contributed by atoms with Crippen molar-refractivity contribution in [3.8, 4) is 5.75 Å². The number of fused-ring (bicyclic) bond motifs is 1. The highest BCUT2D eigenvalue weighted by Crippen LogP contribution is 2.33. The minimum absolute atomic E-state index is 0.0664. The van der Waals surface area contributed by atoms with Crippen LogP contribution in [-0.2, 0) is 11.3 Å². The fourth-order valence-electron chi connectivity index (χ4n) is 4.62. The molecule has 1 amide bonds. The maximum absolute atomic E-state index is 12.9. The van der Waals surface area contributed by atoms with Gasteiger partial charge < -0.3 is 19.3 Å². The maximum atomic E-state index is 12.9. The summed E-state index contributed by atoms with van der Waals surface area (Å²) in [6.45, 7) is 4.95. The van der Waals surface area contributed by atoms with Crippen LogP contribution in [-0.4, -0.2) is 39.8 Å². The average molecular weight is 490 g/mol. The first kappa shape index (κ1) is 23.4. The van der Waals surface area contributed by atoms with Crippen molar-refractivity contribution in [2.45, 2.75) is 38.8 Å². The highest BCUT2D eigenvalue weighted by atomic mass is 35.5. The Morgan fingerprint density at radius 1 is 1.11 bits per heavy atom. The highest BCUT2D eigenvalue weighted by molar-refractivity contribution is 6.31. The summed E-state index contributed by atoms with van der Waals surface area (Å²) in [6, 6.07) is 21.3. The van der Waals surface area contributed by atoms with Gasteiger partial charge in [-0.15, -0.1) is 0 Å². The molecule has 4 aromatic rings. The van der Waals surface area contributed by atoms with Crippen molar-refractivity contribution in [3.63, 3.8) is 0 Å². The number of imidazole rings is 1. The van der Waals surface area contributed by atoms with Crippen LogP contribution in [0.3, 0.4) is 0 Å². The van der Waals surface area contributed by atoms with Crippen molar-refractivity contribution in [1.29, 1.82) is 0 Å². The molecule has 0 unspecified atom stereocenters. The van der Waals surface area contributed by atoms with Gasteiger partial charge in [0.05, 0.1) is 17.6 Å². The van der Waals surface area contributed by atoms with Gasteiger partial charge in [-0.1, -0.05) is 41.4 Å². The monoisotopic (exact) mass is 489 g/mol. The van der Waals surface area contributed by atoms with Crippen molar-refractivity contribution in [2.75, 3.05) is 18.1 Å². The van der Waals surface area contributed by atoms with Gasteiger partial charge in [0.15, 0.2) is 0 Å². The molecule has 180 valence electrons. The van der Waals surface area contributed by atoms with E-state index in [9.17, 15) is 9.90 Å². The lowest BCUT2D eigenvalue weighted by Crippen LogP contribution is -2.26. The molecule has 1 fully saturated rings. The molecule has 6 nitrogen and oxygen atoms in total. The predicted octanol–water partition coefficient (Wildman–Crippen LogP) is 5.27. The minimum atomic E-state index is -0.757. The smallest absolute Gasteiger partial charge is 0.227 e. The molecule has 1 aromatic heterocycles. The number of benzene rings is 3. The number of anilines is 1. The molecule has 0 aliphatic carbocycles. The van der Waals surface area contributed by atoms with Gasteiger partial charge in [0.25, 0.3) is 0 Å². The zero-order valence-electron chi connectivity index (χ0n) is 19.8. The van der Waals surface area contributed by atoms with Crippen LogP contribution in [0.5, 0.6) is 5.75 Å². The molecule has 35 heavy (non-hydrogen) atoms. The summed E-state index contributed by atoms with van der Waals surface area (Å²) in [6.07, 6.45) is -0.374. The first-order chi connectivity index (χ1) is 16.9. The van der Waals surface area contributed by atoms with Crippen molar-refractivity contribution in [3.05, 3.63) is 88.7 Å².